The second-order valence-electron chi connectivity index (χ2n) is 6.18. The van der Waals surface area contributed by atoms with E-state index in [9.17, 15) is 0 Å². The average Bonchev–Trinajstić information content (AvgIpc) is 3.01. The van der Waals surface area contributed by atoms with E-state index in [2.05, 4.69) is 29.6 Å². The maximum absolute atomic E-state index is 3.61. The number of rotatable bonds is 0. The molecule has 2 saturated carbocycles. The standard InChI is InChI=1S/C15H19N/c1-2-4-13-12(3-1)15(11-16-13)9-7-14(5-6-14)8-10-15/h1-4,16H,5-11H2. The summed E-state index contributed by atoms with van der Waals surface area (Å²) in [5.41, 5.74) is 4.30. The van der Waals surface area contributed by atoms with Crippen molar-refractivity contribution < 1.29 is 0 Å². The molecule has 2 aliphatic carbocycles. The highest BCUT2D eigenvalue weighted by Gasteiger charge is 2.51. The molecule has 3 aliphatic rings. The van der Waals surface area contributed by atoms with E-state index in [1.807, 2.05) is 0 Å². The molecule has 1 aromatic carbocycles. The molecule has 84 valence electrons. The van der Waals surface area contributed by atoms with E-state index in [-0.39, 0.29) is 0 Å². The van der Waals surface area contributed by atoms with E-state index in [4.69, 9.17) is 0 Å². The molecule has 0 atom stereocenters. The van der Waals surface area contributed by atoms with Crippen molar-refractivity contribution in [1.29, 1.82) is 0 Å². The number of anilines is 1. The number of nitrogens with one attached hydrogen (secondary N) is 1. The summed E-state index contributed by atoms with van der Waals surface area (Å²) in [6.07, 6.45) is 8.80. The van der Waals surface area contributed by atoms with E-state index in [0.717, 1.165) is 5.41 Å². The summed E-state index contributed by atoms with van der Waals surface area (Å²) < 4.78 is 0. The molecule has 0 unspecified atom stereocenters. The summed E-state index contributed by atoms with van der Waals surface area (Å²) in [5.74, 6) is 0. The Labute approximate surface area is 97.2 Å². The van der Waals surface area contributed by atoms with Gasteiger partial charge in [-0.2, -0.15) is 0 Å². The topological polar surface area (TPSA) is 12.0 Å². The molecule has 0 bridgehead atoms. The van der Waals surface area contributed by atoms with Crippen LogP contribution < -0.4 is 5.32 Å². The van der Waals surface area contributed by atoms with Crippen molar-refractivity contribution >= 4 is 5.69 Å². The number of hydrogen-bond acceptors (Lipinski definition) is 1. The molecule has 0 aromatic heterocycles. The lowest BCUT2D eigenvalue weighted by molar-refractivity contribution is 0.231. The maximum atomic E-state index is 3.61. The van der Waals surface area contributed by atoms with Crippen molar-refractivity contribution in [2.75, 3.05) is 11.9 Å². The van der Waals surface area contributed by atoms with Gasteiger partial charge in [-0.1, -0.05) is 18.2 Å². The Morgan fingerprint density at radius 1 is 0.875 bits per heavy atom. The average molecular weight is 213 g/mol. The van der Waals surface area contributed by atoms with Gasteiger partial charge in [-0.05, 0) is 55.6 Å². The van der Waals surface area contributed by atoms with Crippen LogP contribution in [0, 0.1) is 5.41 Å². The second kappa shape index (κ2) is 2.82. The van der Waals surface area contributed by atoms with Crippen LogP contribution in [0.3, 0.4) is 0 Å². The molecule has 0 amide bonds. The fourth-order valence-electron chi connectivity index (χ4n) is 3.84. The number of benzene rings is 1. The van der Waals surface area contributed by atoms with Gasteiger partial charge in [0.2, 0.25) is 0 Å². The Hall–Kier alpha value is -0.980. The van der Waals surface area contributed by atoms with Gasteiger partial charge in [0.25, 0.3) is 0 Å². The molecule has 4 rings (SSSR count). The molecule has 16 heavy (non-hydrogen) atoms. The molecule has 1 aromatic rings. The van der Waals surface area contributed by atoms with E-state index in [0.29, 0.717) is 5.41 Å². The quantitative estimate of drug-likeness (QED) is 0.693. The number of para-hydroxylation sites is 1. The van der Waals surface area contributed by atoms with Crippen molar-refractivity contribution in [1.82, 2.24) is 0 Å². The SMILES string of the molecule is c1ccc2c(c1)NCC21CCC2(CC2)CC1. The van der Waals surface area contributed by atoms with Crippen molar-refractivity contribution in [2.45, 2.75) is 43.9 Å². The highest BCUT2D eigenvalue weighted by Crippen LogP contribution is 2.61. The zero-order valence-corrected chi connectivity index (χ0v) is 9.76. The van der Waals surface area contributed by atoms with Crippen LogP contribution in [-0.2, 0) is 5.41 Å². The zero-order valence-electron chi connectivity index (χ0n) is 9.76. The third kappa shape index (κ3) is 1.12. The number of fused-ring (bicyclic) bond motifs is 2. The highest BCUT2D eigenvalue weighted by atomic mass is 14.9. The Balaban J connectivity index is 1.69. The van der Waals surface area contributed by atoms with Crippen LogP contribution in [0.25, 0.3) is 0 Å². The van der Waals surface area contributed by atoms with Crippen molar-refractivity contribution in [3.05, 3.63) is 29.8 Å². The first-order valence-electron chi connectivity index (χ1n) is 6.66. The first-order chi connectivity index (χ1) is 7.82. The minimum absolute atomic E-state index is 0.491. The van der Waals surface area contributed by atoms with Gasteiger partial charge in [0.05, 0.1) is 0 Å². The molecule has 0 radical (unpaired) electrons. The van der Waals surface area contributed by atoms with Gasteiger partial charge < -0.3 is 5.32 Å². The van der Waals surface area contributed by atoms with Gasteiger partial charge in [0, 0.05) is 17.6 Å². The van der Waals surface area contributed by atoms with Crippen LogP contribution in [0.2, 0.25) is 0 Å². The molecule has 1 heterocycles. The lowest BCUT2D eigenvalue weighted by Gasteiger charge is -2.37. The monoisotopic (exact) mass is 213 g/mol. The lowest BCUT2D eigenvalue weighted by atomic mass is 9.66. The van der Waals surface area contributed by atoms with Crippen LogP contribution in [0.15, 0.2) is 24.3 Å². The zero-order chi connectivity index (χ0) is 10.6. The van der Waals surface area contributed by atoms with Gasteiger partial charge in [-0.15, -0.1) is 0 Å². The van der Waals surface area contributed by atoms with Gasteiger partial charge in [0.1, 0.15) is 0 Å². The van der Waals surface area contributed by atoms with Gasteiger partial charge in [-0.3, -0.25) is 0 Å². The van der Waals surface area contributed by atoms with Crippen molar-refractivity contribution in [3.8, 4) is 0 Å². The van der Waals surface area contributed by atoms with Gasteiger partial charge >= 0.3 is 0 Å². The summed E-state index contributed by atoms with van der Waals surface area (Å²) in [6.45, 7) is 1.18. The minimum atomic E-state index is 0.491. The lowest BCUT2D eigenvalue weighted by Crippen LogP contribution is -2.34. The Morgan fingerprint density at radius 2 is 1.56 bits per heavy atom. The molecular weight excluding hydrogens is 194 g/mol. The predicted molar refractivity (Wildman–Crippen MR) is 66.7 cm³/mol. The van der Waals surface area contributed by atoms with Crippen LogP contribution in [0.1, 0.15) is 44.1 Å². The summed E-state index contributed by atoms with van der Waals surface area (Å²) >= 11 is 0. The molecule has 1 N–H and O–H groups in total. The summed E-state index contributed by atoms with van der Waals surface area (Å²) in [4.78, 5) is 0. The van der Waals surface area contributed by atoms with Crippen molar-refractivity contribution in [2.24, 2.45) is 5.41 Å². The molecular formula is C15H19N. The second-order valence-corrected chi connectivity index (χ2v) is 6.18. The Bertz CT molecular complexity index is 421. The van der Waals surface area contributed by atoms with Gasteiger partial charge in [-0.25, -0.2) is 0 Å². The van der Waals surface area contributed by atoms with E-state index in [1.165, 1.54) is 50.8 Å². The first kappa shape index (κ1) is 9.09. The predicted octanol–water partition coefficient (Wildman–Crippen LogP) is 3.70. The molecule has 2 fully saturated rings. The van der Waals surface area contributed by atoms with Crippen molar-refractivity contribution in [3.63, 3.8) is 0 Å². The first-order valence-corrected chi connectivity index (χ1v) is 6.66. The van der Waals surface area contributed by atoms with Crippen LogP contribution in [-0.4, -0.2) is 6.54 Å². The summed E-state index contributed by atoms with van der Waals surface area (Å²) in [5, 5.41) is 3.61. The van der Waals surface area contributed by atoms with E-state index in [1.54, 1.807) is 5.56 Å². The fraction of sp³-hybridized carbons (Fsp3) is 0.600. The Kier molecular flexibility index (Phi) is 1.60. The van der Waals surface area contributed by atoms with E-state index < -0.39 is 0 Å². The summed E-state index contributed by atoms with van der Waals surface area (Å²) in [6, 6.07) is 8.94. The van der Waals surface area contributed by atoms with Gasteiger partial charge in [0.15, 0.2) is 0 Å². The van der Waals surface area contributed by atoms with Crippen LogP contribution in [0.4, 0.5) is 5.69 Å². The largest absolute Gasteiger partial charge is 0.384 e. The third-order valence-corrected chi connectivity index (χ3v) is 5.34. The number of hydrogen-bond donors (Lipinski definition) is 1. The highest BCUT2D eigenvalue weighted by molar-refractivity contribution is 5.60. The fourth-order valence-corrected chi connectivity index (χ4v) is 3.84. The smallest absolute Gasteiger partial charge is 0.0379 e. The maximum Gasteiger partial charge on any atom is 0.0379 e. The van der Waals surface area contributed by atoms with Crippen LogP contribution in [0.5, 0.6) is 0 Å². The minimum Gasteiger partial charge on any atom is -0.384 e. The third-order valence-electron chi connectivity index (χ3n) is 5.34. The normalized spacial score (nSPS) is 27.8. The van der Waals surface area contributed by atoms with E-state index >= 15 is 0 Å². The molecule has 1 aliphatic heterocycles. The molecule has 0 saturated heterocycles. The summed E-state index contributed by atoms with van der Waals surface area (Å²) in [7, 11) is 0. The molecule has 2 spiro atoms. The Morgan fingerprint density at radius 3 is 2.31 bits per heavy atom. The molecule has 1 nitrogen and oxygen atoms in total. The van der Waals surface area contributed by atoms with Crippen LogP contribution >= 0.6 is 0 Å². The molecule has 1 heteroatoms.